The molecule has 3 aromatic heterocycles. The Hall–Kier alpha value is -3.03. The van der Waals surface area contributed by atoms with Crippen LogP contribution in [0.3, 0.4) is 0 Å². The predicted octanol–water partition coefficient (Wildman–Crippen LogP) is 3.26. The molecule has 1 N–H and O–H groups in total. The summed E-state index contributed by atoms with van der Waals surface area (Å²) in [5.41, 5.74) is 2.69. The maximum atomic E-state index is 13.3. The molecule has 164 valence electrons. The van der Waals surface area contributed by atoms with Crippen LogP contribution in [0, 0.1) is 25.7 Å². The summed E-state index contributed by atoms with van der Waals surface area (Å²) in [7, 11) is 0. The maximum absolute atomic E-state index is 13.3. The molecule has 0 aromatic carbocycles. The highest BCUT2D eigenvalue weighted by Gasteiger charge is 2.30. The molecule has 4 rings (SSSR count). The number of hydrogen-bond acceptors (Lipinski definition) is 6. The van der Waals surface area contributed by atoms with E-state index in [1.807, 2.05) is 48.7 Å². The Balaban J connectivity index is 1.51. The molecule has 8 heteroatoms. The molecule has 1 aliphatic heterocycles. The number of fused-ring (bicyclic) bond motifs is 1. The lowest BCUT2D eigenvalue weighted by Gasteiger charge is -2.33. The van der Waals surface area contributed by atoms with Crippen molar-refractivity contribution in [2.45, 2.75) is 53.0 Å². The van der Waals surface area contributed by atoms with Crippen LogP contribution in [-0.2, 0) is 4.79 Å². The fourth-order valence-corrected chi connectivity index (χ4v) is 4.31. The summed E-state index contributed by atoms with van der Waals surface area (Å²) in [4.78, 5) is 24.6. The van der Waals surface area contributed by atoms with Gasteiger partial charge in [-0.1, -0.05) is 19.9 Å². The fraction of sp³-hybridized carbons (Fsp3) is 0.522. The quantitative estimate of drug-likeness (QED) is 0.657. The number of carbonyl (C=O) groups is 1. The van der Waals surface area contributed by atoms with Crippen molar-refractivity contribution in [3.63, 3.8) is 0 Å². The Kier molecular flexibility index (Phi) is 6.15. The molecule has 1 amide bonds. The number of carbonyl (C=O) groups excluding carboxylic acids is 1. The van der Waals surface area contributed by atoms with Gasteiger partial charge < -0.3 is 10.2 Å². The van der Waals surface area contributed by atoms with Crippen LogP contribution < -0.4 is 10.2 Å². The Bertz CT molecular complexity index is 1040. The van der Waals surface area contributed by atoms with Crippen LogP contribution in [0.5, 0.6) is 0 Å². The van der Waals surface area contributed by atoms with Crippen LogP contribution in [0.2, 0.25) is 0 Å². The van der Waals surface area contributed by atoms with E-state index in [9.17, 15) is 4.79 Å². The standard InChI is InChI=1S/C23H31N7O/c1-15(2)12-19(21-28-27-20-9-5-6-11-30(20)21)26-22(31)18-8-7-10-29(14-18)23-24-16(3)13-17(4)25-23/h5-6,9,11,13,15,18-19H,7-8,10,12,14H2,1-4H3,(H,26,31)/t18?,19-/m1/s1. The summed E-state index contributed by atoms with van der Waals surface area (Å²) in [5.74, 6) is 1.87. The zero-order valence-electron chi connectivity index (χ0n) is 18.7. The minimum absolute atomic E-state index is 0.0624. The normalized spacial score (nSPS) is 17.8. The summed E-state index contributed by atoms with van der Waals surface area (Å²) in [6.45, 7) is 9.77. The molecule has 2 atom stereocenters. The van der Waals surface area contributed by atoms with Gasteiger partial charge in [-0.25, -0.2) is 9.97 Å². The van der Waals surface area contributed by atoms with Gasteiger partial charge in [0, 0.05) is 30.7 Å². The van der Waals surface area contributed by atoms with E-state index in [0.29, 0.717) is 12.5 Å². The molecule has 1 fully saturated rings. The van der Waals surface area contributed by atoms with Crippen LogP contribution in [-0.4, -0.2) is 43.6 Å². The molecule has 0 bridgehead atoms. The average Bonchev–Trinajstić information content (AvgIpc) is 3.16. The summed E-state index contributed by atoms with van der Waals surface area (Å²) in [5, 5.41) is 11.9. The van der Waals surface area contributed by atoms with E-state index in [0.717, 1.165) is 54.6 Å². The maximum Gasteiger partial charge on any atom is 0.225 e. The first-order chi connectivity index (χ1) is 14.9. The van der Waals surface area contributed by atoms with E-state index in [-0.39, 0.29) is 17.9 Å². The molecule has 0 saturated carbocycles. The monoisotopic (exact) mass is 421 g/mol. The van der Waals surface area contributed by atoms with Gasteiger partial charge in [0.15, 0.2) is 11.5 Å². The molecule has 31 heavy (non-hydrogen) atoms. The number of anilines is 1. The summed E-state index contributed by atoms with van der Waals surface area (Å²) in [6, 6.07) is 7.61. The van der Waals surface area contributed by atoms with Gasteiger partial charge in [-0.2, -0.15) is 0 Å². The number of piperidine rings is 1. The minimum atomic E-state index is -0.183. The summed E-state index contributed by atoms with van der Waals surface area (Å²) >= 11 is 0. The zero-order valence-corrected chi connectivity index (χ0v) is 18.7. The third kappa shape index (κ3) is 4.84. The number of hydrogen-bond donors (Lipinski definition) is 1. The van der Waals surface area contributed by atoms with Gasteiger partial charge in [0.2, 0.25) is 11.9 Å². The highest BCUT2D eigenvalue weighted by molar-refractivity contribution is 5.80. The highest BCUT2D eigenvalue weighted by Crippen LogP contribution is 2.25. The number of amides is 1. The molecule has 8 nitrogen and oxygen atoms in total. The van der Waals surface area contributed by atoms with E-state index in [2.05, 4.69) is 44.2 Å². The predicted molar refractivity (Wildman–Crippen MR) is 120 cm³/mol. The molecule has 1 saturated heterocycles. The molecule has 4 heterocycles. The van der Waals surface area contributed by atoms with Crippen LogP contribution in [0.1, 0.15) is 56.4 Å². The Morgan fingerprint density at radius 1 is 1.19 bits per heavy atom. The fourth-order valence-electron chi connectivity index (χ4n) is 4.31. The van der Waals surface area contributed by atoms with Gasteiger partial charge >= 0.3 is 0 Å². The number of aromatic nitrogens is 5. The van der Waals surface area contributed by atoms with Crippen molar-refractivity contribution < 1.29 is 4.79 Å². The summed E-state index contributed by atoms with van der Waals surface area (Å²) in [6.07, 6.45) is 4.56. The van der Waals surface area contributed by atoms with Gasteiger partial charge in [0.05, 0.1) is 12.0 Å². The lowest BCUT2D eigenvalue weighted by molar-refractivity contribution is -0.126. The van der Waals surface area contributed by atoms with Gasteiger partial charge in [-0.15, -0.1) is 10.2 Å². The first-order valence-electron chi connectivity index (χ1n) is 11.1. The number of pyridine rings is 1. The molecular formula is C23H31N7O. The second-order valence-electron chi connectivity index (χ2n) is 8.91. The Labute approximate surface area is 183 Å². The topological polar surface area (TPSA) is 88.3 Å². The highest BCUT2D eigenvalue weighted by atomic mass is 16.2. The molecule has 1 unspecified atom stereocenters. The van der Waals surface area contributed by atoms with Crippen molar-refractivity contribution in [3.8, 4) is 0 Å². The second kappa shape index (κ2) is 8.99. The van der Waals surface area contributed by atoms with E-state index >= 15 is 0 Å². The van der Waals surface area contributed by atoms with Gasteiger partial charge in [0.25, 0.3) is 0 Å². The van der Waals surface area contributed by atoms with Crippen LogP contribution >= 0.6 is 0 Å². The Morgan fingerprint density at radius 2 is 1.97 bits per heavy atom. The van der Waals surface area contributed by atoms with Gasteiger partial charge in [-0.3, -0.25) is 9.20 Å². The molecule has 3 aromatic rings. The van der Waals surface area contributed by atoms with Crippen molar-refractivity contribution in [3.05, 3.63) is 47.7 Å². The number of nitrogens with zero attached hydrogens (tertiary/aromatic N) is 6. The third-order valence-electron chi connectivity index (χ3n) is 5.72. The van der Waals surface area contributed by atoms with E-state index in [1.165, 1.54) is 0 Å². The van der Waals surface area contributed by atoms with E-state index in [1.54, 1.807) is 0 Å². The lowest BCUT2D eigenvalue weighted by Crippen LogP contribution is -2.45. The smallest absolute Gasteiger partial charge is 0.225 e. The number of nitrogens with one attached hydrogen (secondary N) is 1. The third-order valence-corrected chi connectivity index (χ3v) is 5.72. The first kappa shape index (κ1) is 21.2. The summed E-state index contributed by atoms with van der Waals surface area (Å²) < 4.78 is 1.96. The zero-order chi connectivity index (χ0) is 22.0. The van der Waals surface area contributed by atoms with Crippen molar-refractivity contribution in [2.24, 2.45) is 11.8 Å². The molecule has 0 radical (unpaired) electrons. The average molecular weight is 422 g/mol. The van der Waals surface area contributed by atoms with Gasteiger partial charge in [-0.05, 0) is 57.2 Å². The minimum Gasteiger partial charge on any atom is -0.346 e. The first-order valence-corrected chi connectivity index (χ1v) is 11.1. The molecule has 0 spiro atoms. The van der Waals surface area contributed by atoms with Crippen molar-refractivity contribution in [1.29, 1.82) is 0 Å². The van der Waals surface area contributed by atoms with Crippen molar-refractivity contribution >= 4 is 17.5 Å². The van der Waals surface area contributed by atoms with Crippen LogP contribution in [0.15, 0.2) is 30.5 Å². The SMILES string of the molecule is Cc1cc(C)nc(N2CCCC(C(=O)N[C@H](CC(C)C)c3nnc4ccccn34)C2)n1. The molecule has 0 aliphatic carbocycles. The second-order valence-corrected chi connectivity index (χ2v) is 8.91. The molecule has 1 aliphatic rings. The lowest BCUT2D eigenvalue weighted by atomic mass is 9.96. The van der Waals surface area contributed by atoms with Crippen LogP contribution in [0.25, 0.3) is 5.65 Å². The number of aryl methyl sites for hydroxylation is 2. The van der Waals surface area contributed by atoms with Crippen molar-refractivity contribution in [1.82, 2.24) is 29.9 Å². The van der Waals surface area contributed by atoms with E-state index < -0.39 is 0 Å². The van der Waals surface area contributed by atoms with Crippen molar-refractivity contribution in [2.75, 3.05) is 18.0 Å². The number of rotatable bonds is 6. The largest absolute Gasteiger partial charge is 0.346 e. The Morgan fingerprint density at radius 3 is 2.71 bits per heavy atom. The van der Waals surface area contributed by atoms with Crippen LogP contribution in [0.4, 0.5) is 5.95 Å². The van der Waals surface area contributed by atoms with E-state index in [4.69, 9.17) is 0 Å². The van der Waals surface area contributed by atoms with Gasteiger partial charge in [0.1, 0.15) is 0 Å². The molecular weight excluding hydrogens is 390 g/mol.